The molecule has 9 heteroatoms. The number of nitrogens with one attached hydrogen (secondary N) is 1. The van der Waals surface area contributed by atoms with Crippen LogP contribution in [0.25, 0.3) is 6.08 Å². The highest BCUT2D eigenvalue weighted by atomic mass is 32.2. The van der Waals surface area contributed by atoms with Crippen molar-refractivity contribution < 1.29 is 13.2 Å². The molecular formula is C21H27N5O3S. The van der Waals surface area contributed by atoms with Crippen LogP contribution in [-0.2, 0) is 21.4 Å². The van der Waals surface area contributed by atoms with Crippen molar-refractivity contribution in [2.75, 3.05) is 13.1 Å². The van der Waals surface area contributed by atoms with Crippen LogP contribution >= 0.6 is 0 Å². The Balaban J connectivity index is 1.33. The van der Waals surface area contributed by atoms with E-state index in [0.717, 1.165) is 49.9 Å². The lowest BCUT2D eigenvalue weighted by atomic mass is 10.2. The lowest BCUT2D eigenvalue weighted by Crippen LogP contribution is -2.31. The fourth-order valence-electron chi connectivity index (χ4n) is 3.63. The van der Waals surface area contributed by atoms with Gasteiger partial charge < -0.3 is 9.88 Å². The maximum absolute atomic E-state index is 12.8. The van der Waals surface area contributed by atoms with Crippen LogP contribution in [0.1, 0.15) is 56.0 Å². The third-order valence-corrected chi connectivity index (χ3v) is 7.43. The topological polar surface area (TPSA) is 97.2 Å². The zero-order valence-corrected chi connectivity index (χ0v) is 17.7. The number of hydrogen-bond acceptors (Lipinski definition) is 5. The third kappa shape index (κ3) is 4.96. The second kappa shape index (κ2) is 9.09. The Hall–Kier alpha value is -2.52. The molecule has 2 fully saturated rings. The van der Waals surface area contributed by atoms with E-state index in [1.807, 2.05) is 4.57 Å². The van der Waals surface area contributed by atoms with Crippen molar-refractivity contribution >= 4 is 22.0 Å². The number of carbonyl (C=O) groups is 1. The maximum atomic E-state index is 12.8. The Morgan fingerprint density at radius 1 is 1.10 bits per heavy atom. The predicted molar refractivity (Wildman–Crippen MR) is 113 cm³/mol. The summed E-state index contributed by atoms with van der Waals surface area (Å²) in [5.41, 5.74) is 0.765. The van der Waals surface area contributed by atoms with Gasteiger partial charge in [0.2, 0.25) is 15.9 Å². The Labute approximate surface area is 177 Å². The highest BCUT2D eigenvalue weighted by Crippen LogP contribution is 2.35. The molecular weight excluding hydrogens is 402 g/mol. The van der Waals surface area contributed by atoms with E-state index in [-0.39, 0.29) is 5.91 Å². The molecule has 1 N–H and O–H groups in total. The minimum Gasteiger partial charge on any atom is -0.345 e. The minimum atomic E-state index is -3.46. The van der Waals surface area contributed by atoms with Gasteiger partial charge in [-0.05, 0) is 49.5 Å². The van der Waals surface area contributed by atoms with Crippen molar-refractivity contribution in [1.82, 2.24) is 24.4 Å². The third-order valence-electron chi connectivity index (χ3n) is 5.52. The van der Waals surface area contributed by atoms with Crippen molar-refractivity contribution in [2.24, 2.45) is 0 Å². The molecule has 1 aliphatic heterocycles. The van der Waals surface area contributed by atoms with Gasteiger partial charge in [0.1, 0.15) is 6.33 Å². The van der Waals surface area contributed by atoms with E-state index in [9.17, 15) is 13.2 Å². The number of rotatable bonds is 7. The fraction of sp³-hybridized carbons (Fsp3) is 0.476. The molecule has 1 aromatic carbocycles. The average Bonchev–Trinajstić information content (AvgIpc) is 3.54. The molecule has 160 valence electrons. The number of hydrogen-bond donors (Lipinski definition) is 1. The summed E-state index contributed by atoms with van der Waals surface area (Å²) in [7, 11) is -3.46. The molecule has 4 rings (SSSR count). The molecule has 1 aliphatic carbocycles. The standard InChI is InChI=1S/C21H27N5O3S/c27-21(22-15-20-24-23-16-26(20)18-8-9-18)12-7-17-5-10-19(11-6-17)30(28,29)25-13-3-1-2-4-14-25/h5-7,10-12,16,18H,1-4,8-9,13-15H2,(H,22,27)/b12-7+. The summed E-state index contributed by atoms with van der Waals surface area (Å²) in [6.07, 6.45) is 11.0. The van der Waals surface area contributed by atoms with Crippen molar-refractivity contribution in [3.05, 3.63) is 48.1 Å². The maximum Gasteiger partial charge on any atom is 0.244 e. The van der Waals surface area contributed by atoms with Gasteiger partial charge in [-0.15, -0.1) is 10.2 Å². The van der Waals surface area contributed by atoms with Crippen LogP contribution in [0.2, 0.25) is 0 Å². The largest absolute Gasteiger partial charge is 0.345 e. The molecule has 1 saturated heterocycles. The summed E-state index contributed by atoms with van der Waals surface area (Å²) in [6.45, 7) is 1.49. The number of carbonyl (C=O) groups excluding carboxylic acids is 1. The van der Waals surface area contributed by atoms with Crippen molar-refractivity contribution in [2.45, 2.75) is 56.0 Å². The smallest absolute Gasteiger partial charge is 0.244 e. The van der Waals surface area contributed by atoms with E-state index < -0.39 is 10.0 Å². The second-order valence-corrected chi connectivity index (χ2v) is 9.76. The lowest BCUT2D eigenvalue weighted by molar-refractivity contribution is -0.116. The Kier molecular flexibility index (Phi) is 6.29. The molecule has 1 aromatic heterocycles. The van der Waals surface area contributed by atoms with Gasteiger partial charge in [0.15, 0.2) is 5.82 Å². The van der Waals surface area contributed by atoms with Gasteiger partial charge >= 0.3 is 0 Å². The molecule has 30 heavy (non-hydrogen) atoms. The summed E-state index contributed by atoms with van der Waals surface area (Å²) in [5, 5.41) is 10.8. The van der Waals surface area contributed by atoms with Gasteiger partial charge in [-0.2, -0.15) is 4.31 Å². The second-order valence-electron chi connectivity index (χ2n) is 7.82. The molecule has 1 amide bonds. The number of sulfonamides is 1. The SMILES string of the molecule is O=C(/C=C/c1ccc(S(=O)(=O)N2CCCCCC2)cc1)NCc1nncn1C1CC1. The molecule has 8 nitrogen and oxygen atoms in total. The molecule has 0 bridgehead atoms. The van der Waals surface area contributed by atoms with E-state index in [1.165, 1.54) is 6.08 Å². The van der Waals surface area contributed by atoms with E-state index in [1.54, 1.807) is 41.0 Å². The summed E-state index contributed by atoms with van der Waals surface area (Å²) in [4.78, 5) is 12.4. The number of amides is 1. The van der Waals surface area contributed by atoms with Gasteiger partial charge in [0, 0.05) is 25.2 Å². The summed E-state index contributed by atoms with van der Waals surface area (Å²) in [6, 6.07) is 7.12. The predicted octanol–water partition coefficient (Wildman–Crippen LogP) is 2.51. The van der Waals surface area contributed by atoms with Gasteiger partial charge in [0.25, 0.3) is 0 Å². The quantitative estimate of drug-likeness (QED) is 0.682. The van der Waals surface area contributed by atoms with Crippen LogP contribution in [0.5, 0.6) is 0 Å². The van der Waals surface area contributed by atoms with Crippen molar-refractivity contribution in [1.29, 1.82) is 0 Å². The Bertz CT molecular complexity index is 1000. The van der Waals surface area contributed by atoms with Crippen LogP contribution in [0.3, 0.4) is 0 Å². The van der Waals surface area contributed by atoms with Gasteiger partial charge in [-0.3, -0.25) is 4.79 Å². The monoisotopic (exact) mass is 429 g/mol. The van der Waals surface area contributed by atoms with Crippen molar-refractivity contribution in [3.63, 3.8) is 0 Å². The molecule has 0 radical (unpaired) electrons. The van der Waals surface area contributed by atoms with Crippen LogP contribution in [0.15, 0.2) is 41.6 Å². The Morgan fingerprint density at radius 3 is 2.47 bits per heavy atom. The van der Waals surface area contributed by atoms with Gasteiger partial charge in [-0.1, -0.05) is 25.0 Å². The van der Waals surface area contributed by atoms with Gasteiger partial charge in [0.05, 0.1) is 11.4 Å². The van der Waals surface area contributed by atoms with E-state index in [0.29, 0.717) is 30.6 Å². The molecule has 2 aromatic rings. The minimum absolute atomic E-state index is 0.235. The molecule has 2 aliphatic rings. The number of benzene rings is 1. The molecule has 0 spiro atoms. The average molecular weight is 430 g/mol. The first-order chi connectivity index (χ1) is 14.5. The first kappa shape index (κ1) is 20.7. The zero-order chi connectivity index (χ0) is 21.0. The van der Waals surface area contributed by atoms with Crippen LogP contribution in [0, 0.1) is 0 Å². The molecule has 0 atom stereocenters. The molecule has 2 heterocycles. The highest BCUT2D eigenvalue weighted by Gasteiger charge is 2.26. The van der Waals surface area contributed by atoms with Crippen LogP contribution in [0.4, 0.5) is 0 Å². The first-order valence-corrected chi connectivity index (χ1v) is 11.9. The van der Waals surface area contributed by atoms with E-state index in [4.69, 9.17) is 0 Å². The summed E-state index contributed by atoms with van der Waals surface area (Å²) >= 11 is 0. The van der Waals surface area contributed by atoms with Gasteiger partial charge in [-0.25, -0.2) is 8.42 Å². The number of aromatic nitrogens is 3. The molecule has 1 saturated carbocycles. The fourth-order valence-corrected chi connectivity index (χ4v) is 5.15. The number of nitrogens with zero attached hydrogens (tertiary/aromatic N) is 4. The lowest BCUT2D eigenvalue weighted by Gasteiger charge is -2.19. The normalized spacial score (nSPS) is 18.4. The van der Waals surface area contributed by atoms with Crippen LogP contribution in [-0.4, -0.2) is 46.5 Å². The molecule has 0 unspecified atom stereocenters. The van der Waals surface area contributed by atoms with E-state index >= 15 is 0 Å². The van der Waals surface area contributed by atoms with E-state index in [2.05, 4.69) is 15.5 Å². The van der Waals surface area contributed by atoms with Crippen molar-refractivity contribution in [3.8, 4) is 0 Å². The summed E-state index contributed by atoms with van der Waals surface area (Å²) in [5.74, 6) is 0.518. The zero-order valence-electron chi connectivity index (χ0n) is 16.9. The van der Waals surface area contributed by atoms with Crippen LogP contribution < -0.4 is 5.32 Å². The highest BCUT2D eigenvalue weighted by molar-refractivity contribution is 7.89. The summed E-state index contributed by atoms with van der Waals surface area (Å²) < 4.78 is 29.2. The first-order valence-electron chi connectivity index (χ1n) is 10.5. The Morgan fingerprint density at radius 2 is 1.80 bits per heavy atom.